The highest BCUT2D eigenvalue weighted by Gasteiger charge is 2.33. The summed E-state index contributed by atoms with van der Waals surface area (Å²) in [5.74, 6) is 0.788. The van der Waals surface area contributed by atoms with Gasteiger partial charge < -0.3 is 15.0 Å². The van der Waals surface area contributed by atoms with Gasteiger partial charge in [-0.25, -0.2) is 0 Å². The lowest BCUT2D eigenvalue weighted by molar-refractivity contribution is -0.148. The number of hydrogen-bond acceptors (Lipinski definition) is 4. The van der Waals surface area contributed by atoms with E-state index in [1.54, 1.807) is 0 Å². The van der Waals surface area contributed by atoms with Gasteiger partial charge in [0, 0.05) is 6.54 Å². The maximum absolute atomic E-state index is 12.0. The molecule has 1 atom stereocenters. The molecule has 1 aliphatic rings. The third-order valence-corrected chi connectivity index (χ3v) is 4.21. The number of nitrogens with one attached hydrogen (secondary N) is 1. The lowest BCUT2D eigenvalue weighted by Crippen LogP contribution is -2.50. The van der Waals surface area contributed by atoms with Crippen LogP contribution in [0.4, 0.5) is 0 Å². The average Bonchev–Trinajstić information content (AvgIpc) is 3.27. The highest BCUT2D eigenvalue weighted by Crippen LogP contribution is 2.29. The molecule has 1 rings (SSSR count). The molecule has 0 amide bonds. The molecular formula is C16H32N2O2. The Morgan fingerprint density at radius 2 is 2.10 bits per heavy atom. The Kier molecular flexibility index (Phi) is 7.52. The molecule has 4 nitrogen and oxygen atoms in total. The molecule has 0 aromatic carbocycles. The minimum absolute atomic E-state index is 0.142. The average molecular weight is 284 g/mol. The van der Waals surface area contributed by atoms with Gasteiger partial charge in [-0.2, -0.15) is 0 Å². The summed E-state index contributed by atoms with van der Waals surface area (Å²) in [5, 5.41) is 3.35. The van der Waals surface area contributed by atoms with Gasteiger partial charge in [-0.15, -0.1) is 0 Å². The van der Waals surface area contributed by atoms with Gasteiger partial charge in [-0.3, -0.25) is 4.79 Å². The topological polar surface area (TPSA) is 41.6 Å². The van der Waals surface area contributed by atoms with Gasteiger partial charge in [0.15, 0.2) is 0 Å². The Balaban J connectivity index is 2.37. The molecule has 20 heavy (non-hydrogen) atoms. The fraction of sp³-hybridized carbons (Fsp3) is 0.938. The first-order valence-corrected chi connectivity index (χ1v) is 8.11. The number of esters is 1. The molecule has 0 spiro atoms. The van der Waals surface area contributed by atoms with Gasteiger partial charge >= 0.3 is 5.97 Å². The summed E-state index contributed by atoms with van der Waals surface area (Å²) in [6.07, 6.45) is 5.68. The van der Waals surface area contributed by atoms with Crippen LogP contribution < -0.4 is 5.32 Å². The number of ether oxygens (including phenoxy) is 1. The summed E-state index contributed by atoms with van der Waals surface area (Å²) in [7, 11) is 1.47. The Hall–Kier alpha value is -0.610. The van der Waals surface area contributed by atoms with Crippen LogP contribution >= 0.6 is 0 Å². The second kappa shape index (κ2) is 8.63. The van der Waals surface area contributed by atoms with Crippen LogP contribution in [0.3, 0.4) is 0 Å². The molecule has 0 heterocycles. The Labute approximate surface area is 124 Å². The van der Waals surface area contributed by atoms with Crippen molar-refractivity contribution in [3.05, 3.63) is 0 Å². The van der Waals surface area contributed by atoms with Crippen molar-refractivity contribution in [1.29, 1.82) is 0 Å². The second-order valence-electron chi connectivity index (χ2n) is 6.19. The highest BCUT2D eigenvalue weighted by molar-refractivity contribution is 5.80. The van der Waals surface area contributed by atoms with Crippen molar-refractivity contribution in [1.82, 2.24) is 10.2 Å². The third-order valence-electron chi connectivity index (χ3n) is 4.21. The van der Waals surface area contributed by atoms with Gasteiger partial charge in [0.05, 0.1) is 7.11 Å². The number of methoxy groups -OCH3 is 1. The van der Waals surface area contributed by atoms with Crippen LogP contribution in [0.15, 0.2) is 0 Å². The van der Waals surface area contributed by atoms with Crippen molar-refractivity contribution in [3.8, 4) is 0 Å². The standard InChI is InChI=1S/C16H32N2O2/c1-5-11-17-16(3,15(19)20-4)10-7-12-18(6-2)13-14-8-9-14/h14,17H,5-13H2,1-4H3. The van der Waals surface area contributed by atoms with Crippen LogP contribution in [0.2, 0.25) is 0 Å². The summed E-state index contributed by atoms with van der Waals surface area (Å²) in [5.41, 5.74) is -0.538. The van der Waals surface area contributed by atoms with Gasteiger partial charge in [-0.05, 0) is 64.6 Å². The van der Waals surface area contributed by atoms with Gasteiger partial charge in [0.2, 0.25) is 0 Å². The van der Waals surface area contributed by atoms with E-state index >= 15 is 0 Å². The van der Waals surface area contributed by atoms with Crippen LogP contribution in [-0.4, -0.2) is 49.7 Å². The Bertz CT molecular complexity index is 292. The fourth-order valence-corrected chi connectivity index (χ4v) is 2.59. The molecule has 0 aromatic rings. The quantitative estimate of drug-likeness (QED) is 0.592. The molecule has 0 aromatic heterocycles. The molecule has 118 valence electrons. The van der Waals surface area contributed by atoms with E-state index in [0.29, 0.717) is 0 Å². The zero-order valence-electron chi connectivity index (χ0n) is 13.7. The molecule has 1 aliphatic carbocycles. The maximum Gasteiger partial charge on any atom is 0.325 e. The Morgan fingerprint density at radius 3 is 2.60 bits per heavy atom. The number of carbonyl (C=O) groups excluding carboxylic acids is 1. The monoisotopic (exact) mass is 284 g/mol. The molecule has 1 saturated carbocycles. The molecule has 0 aliphatic heterocycles. The number of nitrogens with zero attached hydrogens (tertiary/aromatic N) is 1. The van der Waals surface area contributed by atoms with Crippen molar-refractivity contribution in [2.24, 2.45) is 5.92 Å². The van der Waals surface area contributed by atoms with Crippen molar-refractivity contribution in [3.63, 3.8) is 0 Å². The number of carbonyl (C=O) groups is 1. The molecule has 1 fully saturated rings. The third kappa shape index (κ3) is 5.80. The van der Waals surface area contributed by atoms with Crippen molar-refractivity contribution < 1.29 is 9.53 Å². The van der Waals surface area contributed by atoms with Crippen LogP contribution in [0, 0.1) is 5.92 Å². The van der Waals surface area contributed by atoms with E-state index in [2.05, 4.69) is 24.1 Å². The molecule has 4 heteroatoms. The van der Waals surface area contributed by atoms with E-state index in [1.165, 1.54) is 26.5 Å². The largest absolute Gasteiger partial charge is 0.468 e. The predicted octanol–water partition coefficient (Wildman–Crippen LogP) is 2.43. The minimum atomic E-state index is -0.538. The van der Waals surface area contributed by atoms with Gasteiger partial charge in [0.25, 0.3) is 0 Å². The van der Waals surface area contributed by atoms with Crippen LogP contribution in [-0.2, 0) is 9.53 Å². The summed E-state index contributed by atoms with van der Waals surface area (Å²) < 4.78 is 4.96. The summed E-state index contributed by atoms with van der Waals surface area (Å²) in [6.45, 7) is 10.6. The SMILES string of the molecule is CCCNC(C)(CCCN(CC)CC1CC1)C(=O)OC. The first-order chi connectivity index (χ1) is 9.55. The van der Waals surface area contributed by atoms with Crippen molar-refractivity contribution >= 4 is 5.97 Å². The number of hydrogen-bond donors (Lipinski definition) is 1. The van der Waals surface area contributed by atoms with E-state index in [1.807, 2.05) is 6.92 Å². The zero-order valence-corrected chi connectivity index (χ0v) is 13.7. The van der Waals surface area contributed by atoms with Gasteiger partial charge in [0.1, 0.15) is 5.54 Å². The smallest absolute Gasteiger partial charge is 0.325 e. The Morgan fingerprint density at radius 1 is 1.40 bits per heavy atom. The zero-order chi connectivity index (χ0) is 15.0. The summed E-state index contributed by atoms with van der Waals surface area (Å²) in [6, 6.07) is 0. The van der Waals surface area contributed by atoms with E-state index < -0.39 is 5.54 Å². The lowest BCUT2D eigenvalue weighted by Gasteiger charge is -2.29. The molecule has 0 saturated heterocycles. The number of rotatable bonds is 11. The normalized spacial score (nSPS) is 18.1. The first kappa shape index (κ1) is 17.4. The maximum atomic E-state index is 12.0. The molecule has 1 N–H and O–H groups in total. The van der Waals surface area contributed by atoms with Crippen LogP contribution in [0.1, 0.15) is 52.9 Å². The van der Waals surface area contributed by atoms with Crippen LogP contribution in [0.5, 0.6) is 0 Å². The van der Waals surface area contributed by atoms with E-state index in [9.17, 15) is 4.79 Å². The lowest BCUT2D eigenvalue weighted by atomic mass is 9.95. The minimum Gasteiger partial charge on any atom is -0.468 e. The summed E-state index contributed by atoms with van der Waals surface area (Å²) in [4.78, 5) is 14.5. The van der Waals surface area contributed by atoms with Crippen molar-refractivity contribution in [2.75, 3.05) is 33.3 Å². The highest BCUT2D eigenvalue weighted by atomic mass is 16.5. The molecule has 0 radical (unpaired) electrons. The van der Waals surface area contributed by atoms with Crippen molar-refractivity contribution in [2.45, 2.75) is 58.4 Å². The van der Waals surface area contributed by atoms with Gasteiger partial charge in [-0.1, -0.05) is 13.8 Å². The van der Waals surface area contributed by atoms with E-state index in [4.69, 9.17) is 4.74 Å². The van der Waals surface area contributed by atoms with E-state index in [-0.39, 0.29) is 5.97 Å². The second-order valence-corrected chi connectivity index (χ2v) is 6.19. The molecular weight excluding hydrogens is 252 g/mol. The van der Waals surface area contributed by atoms with Crippen LogP contribution in [0.25, 0.3) is 0 Å². The van der Waals surface area contributed by atoms with E-state index in [0.717, 1.165) is 44.8 Å². The predicted molar refractivity (Wildman–Crippen MR) is 82.8 cm³/mol. The molecule has 1 unspecified atom stereocenters. The summed E-state index contributed by atoms with van der Waals surface area (Å²) >= 11 is 0. The first-order valence-electron chi connectivity index (χ1n) is 8.11. The molecule has 0 bridgehead atoms. The fourth-order valence-electron chi connectivity index (χ4n) is 2.59.